The van der Waals surface area contributed by atoms with E-state index in [1.807, 2.05) is 4.72 Å². The Hall–Kier alpha value is -2.06. The van der Waals surface area contributed by atoms with E-state index in [-0.39, 0.29) is 15.5 Å². The van der Waals surface area contributed by atoms with Crippen molar-refractivity contribution < 1.29 is 22.7 Å². The topological polar surface area (TPSA) is 81.7 Å². The normalized spacial score (nSPS) is 11.0. The van der Waals surface area contributed by atoms with Gasteiger partial charge in [-0.1, -0.05) is 12.1 Å². The number of carbonyl (C=O) groups is 1. The lowest BCUT2D eigenvalue weighted by atomic mass is 10.2. The van der Waals surface area contributed by atoms with Crippen LogP contribution in [-0.2, 0) is 10.0 Å². The second-order valence-corrected chi connectivity index (χ2v) is 6.76. The first-order valence-electron chi connectivity index (χ1n) is 5.81. The van der Waals surface area contributed by atoms with Gasteiger partial charge in [-0.05, 0) is 23.6 Å². The first kappa shape index (κ1) is 15.3. The SMILES string of the molecule is COc1cccc(C(=O)NS(=O)(=O)c2cccs2)c1OC. The van der Waals surface area contributed by atoms with E-state index in [1.165, 1.54) is 26.4 Å². The molecule has 2 rings (SSSR count). The molecule has 0 spiro atoms. The minimum atomic E-state index is -3.89. The van der Waals surface area contributed by atoms with E-state index >= 15 is 0 Å². The van der Waals surface area contributed by atoms with Crippen LogP contribution < -0.4 is 14.2 Å². The summed E-state index contributed by atoms with van der Waals surface area (Å²) in [5.74, 6) is -0.253. The average Bonchev–Trinajstić information content (AvgIpc) is 3.00. The van der Waals surface area contributed by atoms with E-state index in [9.17, 15) is 13.2 Å². The maximum absolute atomic E-state index is 12.2. The minimum Gasteiger partial charge on any atom is -0.493 e. The van der Waals surface area contributed by atoms with Crippen molar-refractivity contribution >= 4 is 27.3 Å². The minimum absolute atomic E-state index is 0.0673. The van der Waals surface area contributed by atoms with Crippen molar-refractivity contribution in [2.75, 3.05) is 14.2 Å². The number of para-hydroxylation sites is 1. The molecule has 1 amide bonds. The van der Waals surface area contributed by atoms with Crippen LogP contribution in [0.3, 0.4) is 0 Å². The van der Waals surface area contributed by atoms with Gasteiger partial charge >= 0.3 is 0 Å². The summed E-state index contributed by atoms with van der Waals surface area (Å²) in [5.41, 5.74) is 0.0805. The Morgan fingerprint density at radius 2 is 1.90 bits per heavy atom. The molecule has 2 aromatic rings. The molecule has 21 heavy (non-hydrogen) atoms. The number of hydrogen-bond acceptors (Lipinski definition) is 6. The van der Waals surface area contributed by atoms with Crippen LogP contribution in [0.5, 0.6) is 11.5 Å². The molecular formula is C13H13NO5S2. The van der Waals surface area contributed by atoms with E-state index in [4.69, 9.17) is 9.47 Å². The van der Waals surface area contributed by atoms with Gasteiger partial charge in [-0.15, -0.1) is 11.3 Å². The third-order valence-corrected chi connectivity index (χ3v) is 5.36. The lowest BCUT2D eigenvalue weighted by Gasteiger charge is -2.12. The van der Waals surface area contributed by atoms with Crippen molar-refractivity contribution in [3.05, 3.63) is 41.3 Å². The summed E-state index contributed by atoms with van der Waals surface area (Å²) >= 11 is 1.03. The zero-order chi connectivity index (χ0) is 15.5. The summed E-state index contributed by atoms with van der Waals surface area (Å²) in [4.78, 5) is 12.2. The zero-order valence-corrected chi connectivity index (χ0v) is 13.0. The molecule has 0 saturated heterocycles. The standard InChI is InChI=1S/C13H13NO5S2/c1-18-10-6-3-5-9(12(10)19-2)13(15)14-21(16,17)11-7-4-8-20-11/h3-8H,1-2H3,(H,14,15). The van der Waals surface area contributed by atoms with Crippen molar-refractivity contribution in [3.8, 4) is 11.5 Å². The highest BCUT2D eigenvalue weighted by Gasteiger charge is 2.23. The van der Waals surface area contributed by atoms with Crippen LogP contribution in [0.2, 0.25) is 0 Å². The van der Waals surface area contributed by atoms with Gasteiger partial charge in [0.1, 0.15) is 4.21 Å². The molecule has 0 radical (unpaired) electrons. The quantitative estimate of drug-likeness (QED) is 0.907. The van der Waals surface area contributed by atoms with Crippen molar-refractivity contribution in [1.29, 1.82) is 0 Å². The molecule has 8 heteroatoms. The molecule has 0 unspecified atom stereocenters. The monoisotopic (exact) mass is 327 g/mol. The second-order valence-electron chi connectivity index (χ2n) is 3.91. The van der Waals surface area contributed by atoms with Gasteiger partial charge in [0.05, 0.1) is 19.8 Å². The first-order chi connectivity index (χ1) is 9.99. The fraction of sp³-hybridized carbons (Fsp3) is 0.154. The molecule has 1 N–H and O–H groups in total. The van der Waals surface area contributed by atoms with Crippen LogP contribution in [0.15, 0.2) is 39.9 Å². The Balaban J connectivity index is 2.34. The molecule has 0 saturated carbocycles. The number of amides is 1. The van der Waals surface area contributed by atoms with E-state index in [1.54, 1.807) is 23.6 Å². The van der Waals surface area contributed by atoms with E-state index in [0.29, 0.717) is 5.75 Å². The number of nitrogens with one attached hydrogen (secondary N) is 1. The number of thiophene rings is 1. The largest absolute Gasteiger partial charge is 0.493 e. The molecule has 0 aliphatic heterocycles. The van der Waals surface area contributed by atoms with E-state index in [2.05, 4.69) is 0 Å². The molecule has 0 aliphatic rings. The zero-order valence-electron chi connectivity index (χ0n) is 11.3. The Labute approximate surface area is 126 Å². The maximum Gasteiger partial charge on any atom is 0.273 e. The third kappa shape index (κ3) is 3.17. The van der Waals surface area contributed by atoms with Crippen LogP contribution in [0.25, 0.3) is 0 Å². The molecule has 0 bridgehead atoms. The number of ether oxygens (including phenoxy) is 2. The Bertz CT molecular complexity index is 738. The highest BCUT2D eigenvalue weighted by Crippen LogP contribution is 2.30. The average molecular weight is 327 g/mol. The van der Waals surface area contributed by atoms with Gasteiger partial charge < -0.3 is 9.47 Å². The van der Waals surface area contributed by atoms with Gasteiger partial charge in [-0.3, -0.25) is 4.79 Å². The molecule has 0 atom stereocenters. The van der Waals surface area contributed by atoms with Crippen molar-refractivity contribution in [3.63, 3.8) is 0 Å². The van der Waals surface area contributed by atoms with Crippen LogP contribution in [0.1, 0.15) is 10.4 Å². The lowest BCUT2D eigenvalue weighted by molar-refractivity contribution is 0.0978. The van der Waals surface area contributed by atoms with Gasteiger partial charge in [0, 0.05) is 0 Å². The second kappa shape index (κ2) is 6.15. The molecule has 1 aromatic heterocycles. The predicted octanol–water partition coefficient (Wildman–Crippen LogP) is 1.88. The Morgan fingerprint density at radius 1 is 1.14 bits per heavy atom. The molecule has 1 heterocycles. The number of carbonyl (C=O) groups excluding carboxylic acids is 1. The third-order valence-electron chi connectivity index (χ3n) is 2.63. The van der Waals surface area contributed by atoms with Gasteiger partial charge in [0.2, 0.25) is 0 Å². The Morgan fingerprint density at radius 3 is 2.48 bits per heavy atom. The predicted molar refractivity (Wildman–Crippen MR) is 78.5 cm³/mol. The van der Waals surface area contributed by atoms with Crippen LogP contribution in [0.4, 0.5) is 0 Å². The molecule has 0 fully saturated rings. The lowest BCUT2D eigenvalue weighted by Crippen LogP contribution is -2.30. The number of sulfonamides is 1. The van der Waals surface area contributed by atoms with E-state index in [0.717, 1.165) is 11.3 Å². The smallest absolute Gasteiger partial charge is 0.273 e. The van der Waals surface area contributed by atoms with Crippen molar-refractivity contribution in [1.82, 2.24) is 4.72 Å². The van der Waals surface area contributed by atoms with Gasteiger partial charge in [-0.2, -0.15) is 0 Å². The number of rotatable bonds is 5. The molecule has 1 aromatic carbocycles. The number of methoxy groups -OCH3 is 2. The fourth-order valence-electron chi connectivity index (χ4n) is 1.71. The summed E-state index contributed by atoms with van der Waals surface area (Å²) in [6.07, 6.45) is 0. The van der Waals surface area contributed by atoms with Gasteiger partial charge in [-0.25, -0.2) is 13.1 Å². The first-order valence-corrected chi connectivity index (χ1v) is 8.17. The fourth-order valence-corrected chi connectivity index (χ4v) is 3.67. The summed E-state index contributed by atoms with van der Waals surface area (Å²) in [6, 6.07) is 7.66. The van der Waals surface area contributed by atoms with Gasteiger partial charge in [0.25, 0.3) is 15.9 Å². The Kier molecular flexibility index (Phi) is 4.49. The maximum atomic E-state index is 12.2. The van der Waals surface area contributed by atoms with Crippen molar-refractivity contribution in [2.45, 2.75) is 4.21 Å². The molecule has 112 valence electrons. The molecular weight excluding hydrogens is 314 g/mol. The van der Waals surface area contributed by atoms with E-state index < -0.39 is 15.9 Å². The van der Waals surface area contributed by atoms with Crippen molar-refractivity contribution in [2.24, 2.45) is 0 Å². The summed E-state index contributed by atoms with van der Waals surface area (Å²) in [6.45, 7) is 0. The van der Waals surface area contributed by atoms with Crippen LogP contribution in [-0.4, -0.2) is 28.5 Å². The number of benzene rings is 1. The highest BCUT2D eigenvalue weighted by molar-refractivity contribution is 7.92. The van der Waals surface area contributed by atoms with Gasteiger partial charge in [0.15, 0.2) is 11.5 Å². The highest BCUT2D eigenvalue weighted by atomic mass is 32.2. The summed E-state index contributed by atoms with van der Waals surface area (Å²) in [7, 11) is -1.08. The summed E-state index contributed by atoms with van der Waals surface area (Å²) in [5, 5.41) is 1.62. The summed E-state index contributed by atoms with van der Waals surface area (Å²) < 4.78 is 36.3. The molecule has 6 nitrogen and oxygen atoms in total. The number of hydrogen-bond donors (Lipinski definition) is 1. The van der Waals surface area contributed by atoms with Crippen LogP contribution in [0, 0.1) is 0 Å². The van der Waals surface area contributed by atoms with Crippen LogP contribution >= 0.6 is 11.3 Å². The molecule has 0 aliphatic carbocycles.